The van der Waals surface area contributed by atoms with Crippen LogP contribution in [0.1, 0.15) is 51.9 Å². The predicted octanol–water partition coefficient (Wildman–Crippen LogP) is 2.21. The van der Waals surface area contributed by atoms with E-state index in [4.69, 9.17) is 5.73 Å². The highest BCUT2D eigenvalue weighted by molar-refractivity contribution is 5.77. The van der Waals surface area contributed by atoms with Gasteiger partial charge in [-0.1, -0.05) is 39.0 Å². The zero-order valence-corrected chi connectivity index (χ0v) is 13.2. The van der Waals surface area contributed by atoms with Gasteiger partial charge in [0.05, 0.1) is 0 Å². The maximum absolute atomic E-state index is 12.5. The summed E-state index contributed by atoms with van der Waals surface area (Å²) in [6.45, 7) is 4.83. The lowest BCUT2D eigenvalue weighted by Gasteiger charge is -2.29. The van der Waals surface area contributed by atoms with Gasteiger partial charge in [0.1, 0.15) is 0 Å². The van der Waals surface area contributed by atoms with Gasteiger partial charge >= 0.3 is 6.03 Å². The molecule has 0 bridgehead atoms. The van der Waals surface area contributed by atoms with Crippen molar-refractivity contribution in [1.82, 2.24) is 9.80 Å². The molecule has 0 unspecified atom stereocenters. The Morgan fingerprint density at radius 1 is 1.00 bits per heavy atom. The molecule has 5 nitrogen and oxygen atoms in total. The molecule has 21 heavy (non-hydrogen) atoms. The molecule has 2 fully saturated rings. The van der Waals surface area contributed by atoms with Gasteiger partial charge in [-0.15, -0.1) is 0 Å². The van der Waals surface area contributed by atoms with Gasteiger partial charge in [-0.05, 0) is 18.3 Å². The number of hydrogen-bond donors (Lipinski definition) is 1. The molecule has 0 aromatic carbocycles. The van der Waals surface area contributed by atoms with Crippen molar-refractivity contribution in [2.45, 2.75) is 51.9 Å². The van der Waals surface area contributed by atoms with Gasteiger partial charge in [-0.25, -0.2) is 4.79 Å². The summed E-state index contributed by atoms with van der Waals surface area (Å²) < 4.78 is 0. The summed E-state index contributed by atoms with van der Waals surface area (Å²) in [6.07, 6.45) is 8.04. The second-order valence-electron chi connectivity index (χ2n) is 6.64. The fourth-order valence-electron chi connectivity index (χ4n) is 3.66. The Morgan fingerprint density at radius 2 is 1.62 bits per heavy atom. The van der Waals surface area contributed by atoms with Crippen LogP contribution in [-0.2, 0) is 4.79 Å². The molecule has 0 aromatic heterocycles. The summed E-state index contributed by atoms with van der Waals surface area (Å²) >= 11 is 0. The number of carbonyl (C=O) groups excluding carboxylic acids is 2. The maximum Gasteiger partial charge on any atom is 0.314 e. The van der Waals surface area contributed by atoms with Crippen molar-refractivity contribution in [3.05, 3.63) is 0 Å². The number of nitrogens with zero attached hydrogens (tertiary/aromatic N) is 2. The second kappa shape index (κ2) is 7.66. The Balaban J connectivity index is 1.80. The summed E-state index contributed by atoms with van der Waals surface area (Å²) in [5, 5.41) is 0. The SMILES string of the molecule is C[C@@H](CC(=O)N1CCCN(C(N)=O)CC1)C1CCCCC1. The predicted molar refractivity (Wildman–Crippen MR) is 82.7 cm³/mol. The van der Waals surface area contributed by atoms with Crippen LogP contribution in [0, 0.1) is 11.8 Å². The van der Waals surface area contributed by atoms with Crippen LogP contribution in [0.4, 0.5) is 4.79 Å². The Hall–Kier alpha value is -1.26. The molecule has 2 aliphatic rings. The fourth-order valence-corrected chi connectivity index (χ4v) is 3.66. The van der Waals surface area contributed by atoms with Crippen LogP contribution in [0.2, 0.25) is 0 Å². The summed E-state index contributed by atoms with van der Waals surface area (Å²) in [4.78, 5) is 27.2. The number of primary amides is 1. The Kier molecular flexibility index (Phi) is 5.88. The van der Waals surface area contributed by atoms with Crippen LogP contribution in [0.25, 0.3) is 0 Å². The molecular weight excluding hydrogens is 266 g/mol. The van der Waals surface area contributed by atoms with Gasteiger partial charge < -0.3 is 15.5 Å². The molecule has 0 spiro atoms. The number of urea groups is 1. The summed E-state index contributed by atoms with van der Waals surface area (Å²) in [5.41, 5.74) is 5.32. The van der Waals surface area contributed by atoms with Crippen LogP contribution in [0.15, 0.2) is 0 Å². The Morgan fingerprint density at radius 3 is 2.29 bits per heavy atom. The first-order valence-electron chi connectivity index (χ1n) is 8.40. The third-order valence-corrected chi connectivity index (χ3v) is 5.11. The quantitative estimate of drug-likeness (QED) is 0.867. The molecule has 120 valence electrons. The van der Waals surface area contributed by atoms with Crippen molar-refractivity contribution in [2.24, 2.45) is 17.6 Å². The first kappa shape index (κ1) is 16.1. The number of carbonyl (C=O) groups is 2. The number of rotatable bonds is 3. The first-order valence-corrected chi connectivity index (χ1v) is 8.40. The Labute approximate surface area is 127 Å². The van der Waals surface area contributed by atoms with Gasteiger partial charge in [0.15, 0.2) is 0 Å². The van der Waals surface area contributed by atoms with E-state index in [1.165, 1.54) is 32.1 Å². The van der Waals surface area contributed by atoms with Crippen molar-refractivity contribution in [3.8, 4) is 0 Å². The molecule has 1 atom stereocenters. The lowest BCUT2D eigenvalue weighted by atomic mass is 9.79. The van der Waals surface area contributed by atoms with Crippen molar-refractivity contribution >= 4 is 11.9 Å². The van der Waals surface area contributed by atoms with Crippen molar-refractivity contribution in [1.29, 1.82) is 0 Å². The van der Waals surface area contributed by atoms with E-state index in [0.29, 0.717) is 32.0 Å². The third kappa shape index (κ3) is 4.61. The van der Waals surface area contributed by atoms with Crippen LogP contribution in [-0.4, -0.2) is 47.9 Å². The topological polar surface area (TPSA) is 66.6 Å². The highest BCUT2D eigenvalue weighted by atomic mass is 16.2. The summed E-state index contributed by atoms with van der Waals surface area (Å²) in [5.74, 6) is 1.45. The molecule has 5 heteroatoms. The van der Waals surface area contributed by atoms with Crippen LogP contribution in [0.3, 0.4) is 0 Å². The normalized spacial score (nSPS) is 22.7. The van der Waals surface area contributed by atoms with Gasteiger partial charge in [-0.3, -0.25) is 4.79 Å². The molecule has 3 amide bonds. The van der Waals surface area contributed by atoms with E-state index in [-0.39, 0.29) is 11.9 Å². The average molecular weight is 295 g/mol. The van der Waals surface area contributed by atoms with Crippen LogP contribution < -0.4 is 5.73 Å². The summed E-state index contributed by atoms with van der Waals surface area (Å²) in [7, 11) is 0. The van der Waals surface area contributed by atoms with Crippen LogP contribution >= 0.6 is 0 Å². The lowest BCUT2D eigenvalue weighted by molar-refractivity contribution is -0.132. The summed E-state index contributed by atoms with van der Waals surface area (Å²) in [6, 6.07) is -0.375. The molecule has 1 saturated carbocycles. The highest BCUT2D eigenvalue weighted by Gasteiger charge is 2.26. The molecule has 2 N–H and O–H groups in total. The number of amides is 3. The third-order valence-electron chi connectivity index (χ3n) is 5.11. The van der Waals surface area contributed by atoms with E-state index in [1.807, 2.05) is 4.90 Å². The first-order chi connectivity index (χ1) is 10.1. The fraction of sp³-hybridized carbons (Fsp3) is 0.875. The van der Waals surface area contributed by atoms with Gasteiger partial charge in [0.2, 0.25) is 5.91 Å². The molecule has 0 aromatic rings. The molecular formula is C16H29N3O2. The zero-order chi connectivity index (χ0) is 15.2. The maximum atomic E-state index is 12.5. The number of nitrogens with two attached hydrogens (primary N) is 1. The second-order valence-corrected chi connectivity index (χ2v) is 6.64. The minimum atomic E-state index is -0.375. The van der Waals surface area contributed by atoms with E-state index in [9.17, 15) is 9.59 Å². The molecule has 1 heterocycles. The monoisotopic (exact) mass is 295 g/mol. The van der Waals surface area contributed by atoms with E-state index >= 15 is 0 Å². The van der Waals surface area contributed by atoms with Crippen LogP contribution in [0.5, 0.6) is 0 Å². The largest absolute Gasteiger partial charge is 0.351 e. The van der Waals surface area contributed by atoms with E-state index in [0.717, 1.165) is 18.9 Å². The molecule has 1 aliphatic heterocycles. The highest BCUT2D eigenvalue weighted by Crippen LogP contribution is 2.31. The van der Waals surface area contributed by atoms with Crippen molar-refractivity contribution in [3.63, 3.8) is 0 Å². The molecule has 0 radical (unpaired) electrons. The molecule has 1 saturated heterocycles. The van der Waals surface area contributed by atoms with Gasteiger partial charge in [-0.2, -0.15) is 0 Å². The zero-order valence-electron chi connectivity index (χ0n) is 13.2. The smallest absolute Gasteiger partial charge is 0.314 e. The van der Waals surface area contributed by atoms with E-state index < -0.39 is 0 Å². The standard InChI is InChI=1S/C16H29N3O2/c1-13(14-6-3-2-4-7-14)12-15(20)18-8-5-9-19(11-10-18)16(17)21/h13-14H,2-12H2,1H3,(H2,17,21)/t13-/m0/s1. The molecule has 1 aliphatic carbocycles. The van der Waals surface area contributed by atoms with Crippen molar-refractivity contribution in [2.75, 3.05) is 26.2 Å². The van der Waals surface area contributed by atoms with Gasteiger partial charge in [0.25, 0.3) is 0 Å². The Bertz CT molecular complexity index is 367. The lowest BCUT2D eigenvalue weighted by Crippen LogP contribution is -2.40. The van der Waals surface area contributed by atoms with E-state index in [1.54, 1.807) is 4.90 Å². The van der Waals surface area contributed by atoms with E-state index in [2.05, 4.69) is 6.92 Å². The minimum absolute atomic E-state index is 0.249. The number of hydrogen-bond acceptors (Lipinski definition) is 2. The van der Waals surface area contributed by atoms with Gasteiger partial charge in [0, 0.05) is 32.6 Å². The minimum Gasteiger partial charge on any atom is -0.351 e. The average Bonchev–Trinajstić information content (AvgIpc) is 2.74. The van der Waals surface area contributed by atoms with Crippen molar-refractivity contribution < 1.29 is 9.59 Å². The molecule has 2 rings (SSSR count).